The summed E-state index contributed by atoms with van der Waals surface area (Å²) in [4.78, 5) is 0. The number of nitrogens with two attached hydrogens (primary N) is 1. The lowest BCUT2D eigenvalue weighted by Crippen LogP contribution is -2.40. The highest BCUT2D eigenvalue weighted by atomic mass is 16.5. The molecule has 1 aliphatic rings. The SMILES string of the molecule is Cc1cccc(C(CN)NC2CCOCC2)c1. The van der Waals surface area contributed by atoms with Gasteiger partial charge in [0.05, 0.1) is 0 Å². The maximum Gasteiger partial charge on any atom is 0.0480 e. The summed E-state index contributed by atoms with van der Waals surface area (Å²) >= 11 is 0. The number of hydrogen-bond donors (Lipinski definition) is 2. The maximum atomic E-state index is 5.88. The molecule has 1 saturated heterocycles. The summed E-state index contributed by atoms with van der Waals surface area (Å²) in [6, 6.07) is 9.38. The van der Waals surface area contributed by atoms with Crippen molar-refractivity contribution in [1.29, 1.82) is 0 Å². The number of nitrogens with one attached hydrogen (secondary N) is 1. The van der Waals surface area contributed by atoms with Crippen LogP contribution in [-0.4, -0.2) is 25.8 Å². The van der Waals surface area contributed by atoms with Crippen LogP contribution in [0.15, 0.2) is 24.3 Å². The van der Waals surface area contributed by atoms with E-state index in [1.54, 1.807) is 0 Å². The van der Waals surface area contributed by atoms with Crippen LogP contribution in [0.1, 0.15) is 30.0 Å². The monoisotopic (exact) mass is 234 g/mol. The van der Waals surface area contributed by atoms with Crippen LogP contribution in [0.3, 0.4) is 0 Å². The average molecular weight is 234 g/mol. The molecule has 2 rings (SSSR count). The van der Waals surface area contributed by atoms with Crippen LogP contribution in [0.2, 0.25) is 0 Å². The molecule has 0 spiro atoms. The number of hydrogen-bond acceptors (Lipinski definition) is 3. The van der Waals surface area contributed by atoms with E-state index in [0.717, 1.165) is 26.1 Å². The van der Waals surface area contributed by atoms with E-state index in [9.17, 15) is 0 Å². The lowest BCUT2D eigenvalue weighted by Gasteiger charge is -2.28. The fourth-order valence-electron chi connectivity index (χ4n) is 2.34. The lowest BCUT2D eigenvalue weighted by atomic mass is 10.0. The van der Waals surface area contributed by atoms with Gasteiger partial charge >= 0.3 is 0 Å². The zero-order valence-electron chi connectivity index (χ0n) is 10.5. The number of aryl methyl sites for hydroxylation is 1. The van der Waals surface area contributed by atoms with Crippen LogP contribution in [-0.2, 0) is 4.74 Å². The molecule has 1 heterocycles. The first-order valence-electron chi connectivity index (χ1n) is 6.40. The van der Waals surface area contributed by atoms with Crippen molar-refractivity contribution in [3.63, 3.8) is 0 Å². The molecule has 0 amide bonds. The fourth-order valence-corrected chi connectivity index (χ4v) is 2.34. The van der Waals surface area contributed by atoms with E-state index >= 15 is 0 Å². The Labute approximate surface area is 103 Å². The molecule has 1 fully saturated rings. The summed E-state index contributed by atoms with van der Waals surface area (Å²) in [5.41, 5.74) is 8.46. The van der Waals surface area contributed by atoms with Gasteiger partial charge in [0.15, 0.2) is 0 Å². The minimum atomic E-state index is 0.262. The smallest absolute Gasteiger partial charge is 0.0480 e. The van der Waals surface area contributed by atoms with Crippen molar-refractivity contribution in [3.8, 4) is 0 Å². The number of rotatable bonds is 4. The minimum absolute atomic E-state index is 0.262. The molecule has 1 aromatic carbocycles. The van der Waals surface area contributed by atoms with Gasteiger partial charge in [-0.15, -0.1) is 0 Å². The van der Waals surface area contributed by atoms with Gasteiger partial charge in [-0.2, -0.15) is 0 Å². The Hall–Kier alpha value is -0.900. The molecule has 3 heteroatoms. The zero-order valence-corrected chi connectivity index (χ0v) is 10.5. The van der Waals surface area contributed by atoms with Gasteiger partial charge in [0.25, 0.3) is 0 Å². The Bertz CT molecular complexity index is 348. The number of benzene rings is 1. The van der Waals surface area contributed by atoms with E-state index in [1.165, 1.54) is 11.1 Å². The normalized spacial score (nSPS) is 19.2. The Morgan fingerprint density at radius 3 is 2.82 bits per heavy atom. The summed E-state index contributed by atoms with van der Waals surface area (Å²) < 4.78 is 5.37. The molecule has 1 aromatic rings. The van der Waals surface area contributed by atoms with Crippen molar-refractivity contribution in [2.24, 2.45) is 5.73 Å². The predicted molar refractivity (Wildman–Crippen MR) is 70.0 cm³/mol. The van der Waals surface area contributed by atoms with E-state index in [0.29, 0.717) is 12.6 Å². The van der Waals surface area contributed by atoms with Crippen molar-refractivity contribution in [2.45, 2.75) is 31.8 Å². The third-order valence-corrected chi connectivity index (χ3v) is 3.34. The second kappa shape index (κ2) is 6.15. The molecule has 0 radical (unpaired) electrons. The molecule has 0 aromatic heterocycles. The topological polar surface area (TPSA) is 47.3 Å². The van der Waals surface area contributed by atoms with Gasteiger partial charge in [-0.05, 0) is 25.3 Å². The maximum absolute atomic E-state index is 5.88. The highest BCUT2D eigenvalue weighted by Crippen LogP contribution is 2.17. The van der Waals surface area contributed by atoms with Crippen molar-refractivity contribution in [1.82, 2.24) is 5.32 Å². The van der Waals surface area contributed by atoms with Gasteiger partial charge in [-0.3, -0.25) is 0 Å². The average Bonchev–Trinajstić information content (AvgIpc) is 2.37. The first-order valence-corrected chi connectivity index (χ1v) is 6.40. The highest BCUT2D eigenvalue weighted by Gasteiger charge is 2.18. The highest BCUT2D eigenvalue weighted by molar-refractivity contribution is 5.25. The predicted octanol–water partition coefficient (Wildman–Crippen LogP) is 1.76. The molecule has 1 atom stereocenters. The number of ether oxygens (including phenoxy) is 1. The van der Waals surface area contributed by atoms with Crippen molar-refractivity contribution in [2.75, 3.05) is 19.8 Å². The summed E-state index contributed by atoms with van der Waals surface area (Å²) in [6.07, 6.45) is 2.17. The van der Waals surface area contributed by atoms with Crippen LogP contribution in [0.25, 0.3) is 0 Å². The molecule has 1 aliphatic heterocycles. The quantitative estimate of drug-likeness (QED) is 0.834. The first kappa shape index (κ1) is 12.6. The second-order valence-electron chi connectivity index (χ2n) is 4.76. The van der Waals surface area contributed by atoms with E-state index in [4.69, 9.17) is 10.5 Å². The van der Waals surface area contributed by atoms with E-state index < -0.39 is 0 Å². The van der Waals surface area contributed by atoms with Gasteiger partial charge in [-0.1, -0.05) is 29.8 Å². The summed E-state index contributed by atoms with van der Waals surface area (Å²) in [5, 5.41) is 3.64. The van der Waals surface area contributed by atoms with E-state index in [2.05, 4.69) is 36.5 Å². The molecule has 1 unspecified atom stereocenters. The third kappa shape index (κ3) is 3.53. The Balaban J connectivity index is 2.00. The summed E-state index contributed by atoms with van der Waals surface area (Å²) in [6.45, 7) is 4.48. The van der Waals surface area contributed by atoms with Crippen LogP contribution in [0.4, 0.5) is 0 Å². The second-order valence-corrected chi connectivity index (χ2v) is 4.76. The van der Waals surface area contributed by atoms with Gasteiger partial charge in [-0.25, -0.2) is 0 Å². The Morgan fingerprint density at radius 2 is 2.18 bits per heavy atom. The zero-order chi connectivity index (χ0) is 12.1. The Kier molecular flexibility index (Phi) is 4.54. The van der Waals surface area contributed by atoms with Crippen molar-refractivity contribution < 1.29 is 4.74 Å². The van der Waals surface area contributed by atoms with Crippen LogP contribution < -0.4 is 11.1 Å². The molecular formula is C14H22N2O. The van der Waals surface area contributed by atoms with Crippen LogP contribution >= 0.6 is 0 Å². The molecule has 0 bridgehead atoms. The van der Waals surface area contributed by atoms with Gasteiger partial charge in [0.2, 0.25) is 0 Å². The molecule has 3 nitrogen and oxygen atoms in total. The largest absolute Gasteiger partial charge is 0.381 e. The lowest BCUT2D eigenvalue weighted by molar-refractivity contribution is 0.0751. The van der Waals surface area contributed by atoms with Crippen LogP contribution in [0.5, 0.6) is 0 Å². The molecule has 3 N–H and O–H groups in total. The van der Waals surface area contributed by atoms with Crippen LogP contribution in [0, 0.1) is 6.92 Å². The van der Waals surface area contributed by atoms with Crippen molar-refractivity contribution >= 4 is 0 Å². The fraction of sp³-hybridized carbons (Fsp3) is 0.571. The van der Waals surface area contributed by atoms with Gasteiger partial charge in [0, 0.05) is 31.8 Å². The van der Waals surface area contributed by atoms with Gasteiger partial charge in [0.1, 0.15) is 0 Å². The molecule has 0 aliphatic carbocycles. The summed E-state index contributed by atoms with van der Waals surface area (Å²) in [7, 11) is 0. The summed E-state index contributed by atoms with van der Waals surface area (Å²) in [5.74, 6) is 0. The standard InChI is InChI=1S/C14H22N2O/c1-11-3-2-4-12(9-11)14(10-15)16-13-5-7-17-8-6-13/h2-4,9,13-14,16H,5-8,10,15H2,1H3. The minimum Gasteiger partial charge on any atom is -0.381 e. The van der Waals surface area contributed by atoms with Gasteiger partial charge < -0.3 is 15.8 Å². The van der Waals surface area contributed by atoms with Crippen molar-refractivity contribution in [3.05, 3.63) is 35.4 Å². The molecule has 0 saturated carbocycles. The molecule has 17 heavy (non-hydrogen) atoms. The molecule has 94 valence electrons. The third-order valence-electron chi connectivity index (χ3n) is 3.34. The molecular weight excluding hydrogens is 212 g/mol. The van der Waals surface area contributed by atoms with E-state index in [1.807, 2.05) is 0 Å². The van der Waals surface area contributed by atoms with E-state index in [-0.39, 0.29) is 6.04 Å². The Morgan fingerprint density at radius 1 is 1.41 bits per heavy atom. The first-order chi connectivity index (χ1) is 8.29.